The number of aromatic nitrogens is 2. The molecule has 0 spiro atoms. The SMILES string of the molecule is CC(=O)NCCc1cn2c(C)cccc2n1. The van der Waals surface area contributed by atoms with Crippen LogP contribution in [0.2, 0.25) is 0 Å². The van der Waals surface area contributed by atoms with Crippen LogP contribution in [0.15, 0.2) is 24.4 Å². The Labute approximate surface area is 94.3 Å². The van der Waals surface area contributed by atoms with E-state index < -0.39 is 0 Å². The second kappa shape index (κ2) is 4.35. The van der Waals surface area contributed by atoms with Crippen molar-refractivity contribution in [2.45, 2.75) is 20.3 Å². The van der Waals surface area contributed by atoms with E-state index in [0.717, 1.165) is 23.5 Å². The molecular weight excluding hydrogens is 202 g/mol. The first-order valence-electron chi connectivity index (χ1n) is 5.35. The minimum atomic E-state index is -0.0000512. The Balaban J connectivity index is 2.14. The van der Waals surface area contributed by atoms with Gasteiger partial charge in [0.25, 0.3) is 0 Å². The van der Waals surface area contributed by atoms with Gasteiger partial charge in [-0.15, -0.1) is 0 Å². The molecule has 0 unspecified atom stereocenters. The average molecular weight is 217 g/mol. The standard InChI is InChI=1S/C12H15N3O/c1-9-4-3-5-12-14-11(8-15(9)12)6-7-13-10(2)16/h3-5,8H,6-7H2,1-2H3,(H,13,16). The maximum absolute atomic E-state index is 10.7. The molecule has 0 aliphatic rings. The number of aryl methyl sites for hydroxylation is 1. The minimum absolute atomic E-state index is 0.0000512. The van der Waals surface area contributed by atoms with Gasteiger partial charge in [0.05, 0.1) is 5.69 Å². The lowest BCUT2D eigenvalue weighted by Gasteiger charge is -1.98. The van der Waals surface area contributed by atoms with Gasteiger partial charge >= 0.3 is 0 Å². The minimum Gasteiger partial charge on any atom is -0.356 e. The first-order chi connectivity index (χ1) is 7.66. The van der Waals surface area contributed by atoms with Crippen molar-refractivity contribution >= 4 is 11.6 Å². The number of fused-ring (bicyclic) bond motifs is 1. The summed E-state index contributed by atoms with van der Waals surface area (Å²) < 4.78 is 2.06. The van der Waals surface area contributed by atoms with Gasteiger partial charge in [0.2, 0.25) is 5.91 Å². The first-order valence-corrected chi connectivity index (χ1v) is 5.35. The molecule has 2 rings (SSSR count). The molecule has 84 valence electrons. The number of imidazole rings is 1. The normalized spacial score (nSPS) is 10.6. The molecule has 2 aromatic rings. The number of hydrogen-bond acceptors (Lipinski definition) is 2. The number of hydrogen-bond donors (Lipinski definition) is 1. The summed E-state index contributed by atoms with van der Waals surface area (Å²) in [5.74, 6) is -0.0000512. The molecule has 0 fully saturated rings. The van der Waals surface area contributed by atoms with Crippen LogP contribution in [0.5, 0.6) is 0 Å². The van der Waals surface area contributed by atoms with Gasteiger partial charge in [0.15, 0.2) is 0 Å². The zero-order valence-corrected chi connectivity index (χ0v) is 9.53. The van der Waals surface area contributed by atoms with Gasteiger partial charge in [-0.1, -0.05) is 6.07 Å². The number of nitrogens with one attached hydrogen (secondary N) is 1. The molecule has 2 aromatic heterocycles. The highest BCUT2D eigenvalue weighted by Crippen LogP contribution is 2.08. The molecule has 0 saturated heterocycles. The van der Waals surface area contributed by atoms with Gasteiger partial charge in [-0.25, -0.2) is 4.98 Å². The third kappa shape index (κ3) is 2.21. The second-order valence-corrected chi connectivity index (χ2v) is 3.86. The molecule has 2 heterocycles. The molecular formula is C12H15N3O. The molecule has 0 aliphatic carbocycles. The van der Waals surface area contributed by atoms with Crippen LogP contribution in [0.4, 0.5) is 0 Å². The summed E-state index contributed by atoms with van der Waals surface area (Å²) in [5.41, 5.74) is 3.12. The van der Waals surface area contributed by atoms with Crippen molar-refractivity contribution < 1.29 is 4.79 Å². The van der Waals surface area contributed by atoms with Gasteiger partial charge in [-0.3, -0.25) is 4.79 Å². The van der Waals surface area contributed by atoms with Crippen molar-refractivity contribution in [1.82, 2.24) is 14.7 Å². The molecule has 4 nitrogen and oxygen atoms in total. The molecule has 0 bridgehead atoms. The smallest absolute Gasteiger partial charge is 0.216 e. The Kier molecular flexibility index (Phi) is 2.90. The fraction of sp³-hybridized carbons (Fsp3) is 0.333. The molecule has 16 heavy (non-hydrogen) atoms. The van der Waals surface area contributed by atoms with Crippen molar-refractivity contribution in [3.05, 3.63) is 35.8 Å². The van der Waals surface area contributed by atoms with E-state index in [2.05, 4.69) is 14.7 Å². The predicted octanol–water partition coefficient (Wildman–Crippen LogP) is 1.32. The number of carbonyl (C=O) groups excluding carboxylic acids is 1. The van der Waals surface area contributed by atoms with Gasteiger partial charge in [0.1, 0.15) is 5.65 Å². The van der Waals surface area contributed by atoms with E-state index in [0.29, 0.717) is 6.54 Å². The molecule has 1 N–H and O–H groups in total. The largest absolute Gasteiger partial charge is 0.356 e. The maximum Gasteiger partial charge on any atom is 0.216 e. The van der Waals surface area contributed by atoms with Crippen molar-refractivity contribution in [1.29, 1.82) is 0 Å². The second-order valence-electron chi connectivity index (χ2n) is 3.86. The summed E-state index contributed by atoms with van der Waals surface area (Å²) in [7, 11) is 0. The van der Waals surface area contributed by atoms with Crippen molar-refractivity contribution in [3.63, 3.8) is 0 Å². The van der Waals surface area contributed by atoms with E-state index in [1.807, 2.05) is 31.3 Å². The number of rotatable bonds is 3. The number of carbonyl (C=O) groups is 1. The van der Waals surface area contributed by atoms with E-state index >= 15 is 0 Å². The molecule has 0 aliphatic heterocycles. The highest BCUT2D eigenvalue weighted by atomic mass is 16.1. The van der Waals surface area contributed by atoms with Crippen LogP contribution in [-0.2, 0) is 11.2 Å². The third-order valence-electron chi connectivity index (χ3n) is 2.50. The van der Waals surface area contributed by atoms with Gasteiger partial charge in [0, 0.05) is 31.8 Å². The molecule has 4 heteroatoms. The van der Waals surface area contributed by atoms with Crippen LogP contribution >= 0.6 is 0 Å². The quantitative estimate of drug-likeness (QED) is 0.842. The Bertz CT molecular complexity index is 516. The number of nitrogens with zero attached hydrogens (tertiary/aromatic N) is 2. The Morgan fingerprint density at radius 1 is 1.50 bits per heavy atom. The van der Waals surface area contributed by atoms with Crippen LogP contribution < -0.4 is 5.32 Å². The lowest BCUT2D eigenvalue weighted by atomic mass is 10.3. The van der Waals surface area contributed by atoms with E-state index in [1.165, 1.54) is 6.92 Å². The van der Waals surface area contributed by atoms with Crippen LogP contribution in [0.3, 0.4) is 0 Å². The number of pyridine rings is 1. The first kappa shape index (κ1) is 10.7. The van der Waals surface area contributed by atoms with E-state index in [4.69, 9.17) is 0 Å². The molecule has 1 amide bonds. The fourth-order valence-electron chi connectivity index (χ4n) is 1.69. The van der Waals surface area contributed by atoms with E-state index in [-0.39, 0.29) is 5.91 Å². The number of amides is 1. The maximum atomic E-state index is 10.7. The fourth-order valence-corrected chi connectivity index (χ4v) is 1.69. The summed E-state index contributed by atoms with van der Waals surface area (Å²) in [5, 5.41) is 2.76. The van der Waals surface area contributed by atoms with Crippen molar-refractivity contribution in [2.24, 2.45) is 0 Å². The molecule has 0 saturated carbocycles. The zero-order chi connectivity index (χ0) is 11.5. The van der Waals surface area contributed by atoms with Gasteiger partial charge in [-0.05, 0) is 19.1 Å². The predicted molar refractivity (Wildman–Crippen MR) is 62.3 cm³/mol. The van der Waals surface area contributed by atoms with Crippen LogP contribution in [0.1, 0.15) is 18.3 Å². The van der Waals surface area contributed by atoms with Crippen LogP contribution in [-0.4, -0.2) is 21.8 Å². The molecule has 0 atom stereocenters. The Morgan fingerprint density at radius 3 is 3.00 bits per heavy atom. The monoisotopic (exact) mass is 217 g/mol. The summed E-state index contributed by atoms with van der Waals surface area (Å²) >= 11 is 0. The van der Waals surface area contributed by atoms with Crippen molar-refractivity contribution in [3.8, 4) is 0 Å². The van der Waals surface area contributed by atoms with E-state index in [1.54, 1.807) is 0 Å². The highest BCUT2D eigenvalue weighted by Gasteiger charge is 2.02. The van der Waals surface area contributed by atoms with E-state index in [9.17, 15) is 4.79 Å². The molecule has 0 radical (unpaired) electrons. The Hall–Kier alpha value is -1.84. The molecule has 0 aromatic carbocycles. The lowest BCUT2D eigenvalue weighted by Crippen LogP contribution is -2.22. The van der Waals surface area contributed by atoms with Crippen LogP contribution in [0, 0.1) is 6.92 Å². The summed E-state index contributed by atoms with van der Waals surface area (Å²) in [4.78, 5) is 15.2. The highest BCUT2D eigenvalue weighted by molar-refractivity contribution is 5.72. The summed E-state index contributed by atoms with van der Waals surface area (Å²) in [6, 6.07) is 6.02. The lowest BCUT2D eigenvalue weighted by molar-refractivity contribution is -0.118. The third-order valence-corrected chi connectivity index (χ3v) is 2.50. The van der Waals surface area contributed by atoms with Gasteiger partial charge < -0.3 is 9.72 Å². The summed E-state index contributed by atoms with van der Waals surface area (Å²) in [6.45, 7) is 4.21. The average Bonchev–Trinajstić information content (AvgIpc) is 2.61. The summed E-state index contributed by atoms with van der Waals surface area (Å²) in [6.07, 6.45) is 2.78. The van der Waals surface area contributed by atoms with Crippen molar-refractivity contribution in [2.75, 3.05) is 6.54 Å². The van der Waals surface area contributed by atoms with Crippen LogP contribution in [0.25, 0.3) is 5.65 Å². The Morgan fingerprint density at radius 2 is 2.31 bits per heavy atom. The topological polar surface area (TPSA) is 46.4 Å². The van der Waals surface area contributed by atoms with Gasteiger partial charge in [-0.2, -0.15) is 0 Å². The zero-order valence-electron chi connectivity index (χ0n) is 9.53.